The van der Waals surface area contributed by atoms with Gasteiger partial charge in [-0.1, -0.05) is 6.58 Å². The average molecular weight is 137 g/mol. The SMILES string of the molecule is C=C=NCCC(=C)C(C)=O. The van der Waals surface area contributed by atoms with Gasteiger partial charge in [0.15, 0.2) is 5.78 Å². The van der Waals surface area contributed by atoms with E-state index in [-0.39, 0.29) is 5.78 Å². The topological polar surface area (TPSA) is 29.4 Å². The molecule has 0 atom stereocenters. The lowest BCUT2D eigenvalue weighted by Gasteiger charge is -1.94. The molecule has 0 radical (unpaired) electrons. The summed E-state index contributed by atoms with van der Waals surface area (Å²) in [7, 11) is 0. The largest absolute Gasteiger partial charge is 0.295 e. The van der Waals surface area contributed by atoms with Crippen LogP contribution in [0.1, 0.15) is 13.3 Å². The molecule has 0 aromatic heterocycles. The molecule has 2 heteroatoms. The number of hydrogen-bond donors (Lipinski definition) is 0. The molecule has 0 aliphatic carbocycles. The van der Waals surface area contributed by atoms with E-state index < -0.39 is 0 Å². The van der Waals surface area contributed by atoms with Gasteiger partial charge in [0.05, 0.1) is 6.54 Å². The summed E-state index contributed by atoms with van der Waals surface area (Å²) in [6, 6.07) is 0. The summed E-state index contributed by atoms with van der Waals surface area (Å²) in [6.07, 6.45) is 0.609. The van der Waals surface area contributed by atoms with Crippen molar-refractivity contribution in [3.8, 4) is 0 Å². The number of nitrogens with zero attached hydrogens (tertiary/aromatic N) is 1. The van der Waals surface area contributed by atoms with Crippen molar-refractivity contribution in [3.05, 3.63) is 18.7 Å². The summed E-state index contributed by atoms with van der Waals surface area (Å²) < 4.78 is 0. The molecular formula is C8H11NO. The molecule has 10 heavy (non-hydrogen) atoms. The standard InChI is InChI=1S/C8H11NO/c1-4-9-6-5-7(2)8(3)10/h1-2,5-6H2,3H3. The van der Waals surface area contributed by atoms with Crippen LogP contribution in [0.2, 0.25) is 0 Å². The zero-order valence-corrected chi connectivity index (χ0v) is 6.18. The number of Topliss-reactive ketones (excluding diaryl/α,β-unsaturated/α-hetero) is 1. The third kappa shape index (κ3) is 3.81. The van der Waals surface area contributed by atoms with Crippen LogP contribution in [0.15, 0.2) is 23.7 Å². The van der Waals surface area contributed by atoms with Crippen LogP contribution in [0.3, 0.4) is 0 Å². The maximum Gasteiger partial charge on any atom is 0.155 e. The second-order valence-electron chi connectivity index (χ2n) is 1.95. The Kier molecular flexibility index (Phi) is 4.17. The van der Waals surface area contributed by atoms with E-state index in [0.29, 0.717) is 18.5 Å². The van der Waals surface area contributed by atoms with E-state index in [0.717, 1.165) is 0 Å². The lowest BCUT2D eigenvalue weighted by atomic mass is 10.1. The Morgan fingerprint density at radius 1 is 1.70 bits per heavy atom. The third-order valence-corrected chi connectivity index (χ3v) is 1.14. The molecule has 0 saturated carbocycles. The van der Waals surface area contributed by atoms with Gasteiger partial charge in [0, 0.05) is 0 Å². The van der Waals surface area contributed by atoms with Gasteiger partial charge in [-0.3, -0.25) is 4.79 Å². The van der Waals surface area contributed by atoms with Crippen LogP contribution >= 0.6 is 0 Å². The fraction of sp³-hybridized carbons (Fsp3) is 0.375. The van der Waals surface area contributed by atoms with Crippen molar-refractivity contribution in [2.24, 2.45) is 4.99 Å². The number of rotatable bonds is 4. The van der Waals surface area contributed by atoms with Crippen LogP contribution in [-0.4, -0.2) is 18.2 Å². The van der Waals surface area contributed by atoms with E-state index in [1.165, 1.54) is 6.92 Å². The molecule has 54 valence electrons. The summed E-state index contributed by atoms with van der Waals surface area (Å²) in [5.74, 6) is 2.41. The van der Waals surface area contributed by atoms with Gasteiger partial charge < -0.3 is 0 Å². The van der Waals surface area contributed by atoms with Gasteiger partial charge in [-0.05, 0) is 31.4 Å². The molecule has 0 aliphatic heterocycles. The summed E-state index contributed by atoms with van der Waals surface area (Å²) in [4.78, 5) is 14.3. The first-order chi connectivity index (χ1) is 4.68. The normalized spacial score (nSPS) is 8.10. The number of aliphatic imine (C=N–C) groups is 1. The van der Waals surface area contributed by atoms with Gasteiger partial charge in [-0.25, -0.2) is 4.99 Å². The molecule has 0 spiro atoms. The van der Waals surface area contributed by atoms with Crippen molar-refractivity contribution in [2.45, 2.75) is 13.3 Å². The molecule has 0 aromatic rings. The predicted octanol–water partition coefficient (Wildman–Crippen LogP) is 1.38. The molecule has 0 fully saturated rings. The summed E-state index contributed by atoms with van der Waals surface area (Å²) in [5, 5.41) is 0. The highest BCUT2D eigenvalue weighted by atomic mass is 16.1. The number of carbonyl (C=O) groups is 1. The maximum absolute atomic E-state index is 10.6. The lowest BCUT2D eigenvalue weighted by Crippen LogP contribution is -1.95. The van der Waals surface area contributed by atoms with Crippen LogP contribution in [0.5, 0.6) is 0 Å². The van der Waals surface area contributed by atoms with Crippen LogP contribution in [0.4, 0.5) is 0 Å². The second-order valence-corrected chi connectivity index (χ2v) is 1.95. The first-order valence-corrected chi connectivity index (χ1v) is 3.05. The molecule has 0 unspecified atom stereocenters. The molecular weight excluding hydrogens is 126 g/mol. The Bertz CT molecular complexity index is 187. The highest BCUT2D eigenvalue weighted by Crippen LogP contribution is 1.97. The molecule has 0 amide bonds. The second kappa shape index (κ2) is 4.71. The van der Waals surface area contributed by atoms with E-state index in [9.17, 15) is 4.79 Å². The first kappa shape index (κ1) is 8.86. The van der Waals surface area contributed by atoms with Crippen molar-refractivity contribution in [1.82, 2.24) is 0 Å². The van der Waals surface area contributed by atoms with E-state index in [4.69, 9.17) is 0 Å². The maximum atomic E-state index is 10.6. The first-order valence-electron chi connectivity index (χ1n) is 3.05. The molecule has 0 aromatic carbocycles. The van der Waals surface area contributed by atoms with Crippen molar-refractivity contribution in [3.63, 3.8) is 0 Å². The molecule has 0 N–H and O–H groups in total. The van der Waals surface area contributed by atoms with E-state index in [1.54, 1.807) is 0 Å². The van der Waals surface area contributed by atoms with Gasteiger partial charge in [-0.15, -0.1) is 0 Å². The summed E-state index contributed by atoms with van der Waals surface area (Å²) in [6.45, 7) is 8.92. The Hall–Kier alpha value is -1.14. The van der Waals surface area contributed by atoms with Gasteiger partial charge in [0.2, 0.25) is 0 Å². The van der Waals surface area contributed by atoms with Crippen LogP contribution in [-0.2, 0) is 4.79 Å². The van der Waals surface area contributed by atoms with E-state index >= 15 is 0 Å². The molecule has 0 bridgehead atoms. The molecule has 0 rings (SSSR count). The minimum atomic E-state index is 0.0271. The van der Waals surface area contributed by atoms with Gasteiger partial charge >= 0.3 is 0 Å². The van der Waals surface area contributed by atoms with Crippen molar-refractivity contribution in [2.75, 3.05) is 6.54 Å². The van der Waals surface area contributed by atoms with Gasteiger partial charge in [-0.2, -0.15) is 0 Å². The Morgan fingerprint density at radius 3 is 2.70 bits per heavy atom. The van der Waals surface area contributed by atoms with Crippen molar-refractivity contribution >= 4 is 11.7 Å². The van der Waals surface area contributed by atoms with Crippen LogP contribution in [0, 0.1) is 0 Å². The molecule has 0 saturated heterocycles. The van der Waals surface area contributed by atoms with Crippen LogP contribution < -0.4 is 0 Å². The summed E-state index contributed by atoms with van der Waals surface area (Å²) >= 11 is 0. The van der Waals surface area contributed by atoms with Crippen molar-refractivity contribution < 1.29 is 4.79 Å². The third-order valence-electron chi connectivity index (χ3n) is 1.14. The average Bonchev–Trinajstić information content (AvgIpc) is 1.88. The van der Waals surface area contributed by atoms with Crippen molar-refractivity contribution in [1.29, 1.82) is 0 Å². The minimum Gasteiger partial charge on any atom is -0.295 e. The highest BCUT2D eigenvalue weighted by molar-refractivity contribution is 5.92. The Labute approximate surface area is 61.0 Å². The predicted molar refractivity (Wildman–Crippen MR) is 42.4 cm³/mol. The van der Waals surface area contributed by atoms with E-state index in [1.807, 2.05) is 0 Å². The zero-order valence-electron chi connectivity index (χ0n) is 6.18. The molecule has 0 aliphatic rings. The number of carbonyl (C=O) groups excluding carboxylic acids is 1. The number of ketones is 1. The monoisotopic (exact) mass is 137 g/mol. The minimum absolute atomic E-state index is 0.0271. The Balaban J connectivity index is 3.60. The van der Waals surface area contributed by atoms with Crippen LogP contribution in [0.25, 0.3) is 0 Å². The lowest BCUT2D eigenvalue weighted by molar-refractivity contribution is -0.113. The quantitative estimate of drug-likeness (QED) is 0.425. The van der Waals surface area contributed by atoms with Gasteiger partial charge in [0.25, 0.3) is 0 Å². The molecule has 2 nitrogen and oxygen atoms in total. The zero-order chi connectivity index (χ0) is 7.98. The van der Waals surface area contributed by atoms with Gasteiger partial charge in [0.1, 0.15) is 0 Å². The highest BCUT2D eigenvalue weighted by Gasteiger charge is 1.97. The Morgan fingerprint density at radius 2 is 2.30 bits per heavy atom. The fourth-order valence-corrected chi connectivity index (χ4v) is 0.446. The van der Waals surface area contributed by atoms with E-state index in [2.05, 4.69) is 24.0 Å². The number of hydrogen-bond acceptors (Lipinski definition) is 2. The molecule has 0 heterocycles. The fourth-order valence-electron chi connectivity index (χ4n) is 0.446. The smallest absolute Gasteiger partial charge is 0.155 e. The summed E-state index contributed by atoms with van der Waals surface area (Å²) in [5.41, 5.74) is 0.610.